The molecule has 1 fully saturated rings. The molecule has 1 aliphatic carbocycles. The molecule has 1 saturated carbocycles. The highest BCUT2D eigenvalue weighted by Crippen LogP contribution is 2.39. The maximum Gasteiger partial charge on any atom is -0.0180 e. The number of rotatable bonds is 2. The molecule has 3 atom stereocenters. The van der Waals surface area contributed by atoms with Crippen molar-refractivity contribution in [2.75, 3.05) is 0 Å². The molecule has 100 valence electrons. The van der Waals surface area contributed by atoms with E-state index < -0.39 is 0 Å². The van der Waals surface area contributed by atoms with Gasteiger partial charge in [0.15, 0.2) is 0 Å². The fraction of sp³-hybridized carbons (Fsp3) is 0.882. The van der Waals surface area contributed by atoms with Crippen LogP contribution in [-0.2, 0) is 0 Å². The molecule has 0 nitrogen and oxygen atoms in total. The molecule has 0 aromatic carbocycles. The second-order valence-corrected chi connectivity index (χ2v) is 7.63. The first-order chi connectivity index (χ1) is 7.71. The van der Waals surface area contributed by atoms with Gasteiger partial charge in [0.1, 0.15) is 0 Å². The van der Waals surface area contributed by atoms with E-state index in [0.29, 0.717) is 11.3 Å². The van der Waals surface area contributed by atoms with E-state index in [0.717, 1.165) is 17.8 Å². The molecule has 0 heterocycles. The third-order valence-electron chi connectivity index (χ3n) is 4.67. The van der Waals surface area contributed by atoms with Gasteiger partial charge in [-0.1, -0.05) is 60.1 Å². The van der Waals surface area contributed by atoms with E-state index >= 15 is 0 Å². The van der Waals surface area contributed by atoms with Gasteiger partial charge in [0.2, 0.25) is 0 Å². The molecular weight excluding hydrogens is 204 g/mol. The minimum absolute atomic E-state index is 0.398. The monoisotopic (exact) mass is 236 g/mol. The van der Waals surface area contributed by atoms with Gasteiger partial charge in [-0.3, -0.25) is 0 Å². The molecule has 0 saturated heterocycles. The molecule has 0 aliphatic heterocycles. The lowest BCUT2D eigenvalue weighted by molar-refractivity contribution is 0.284. The van der Waals surface area contributed by atoms with Crippen molar-refractivity contribution in [3.63, 3.8) is 0 Å². The van der Waals surface area contributed by atoms with Gasteiger partial charge in [-0.15, -0.1) is 0 Å². The molecule has 0 radical (unpaired) electrons. The summed E-state index contributed by atoms with van der Waals surface area (Å²) in [5, 5.41) is 0. The van der Waals surface area contributed by atoms with E-state index in [1.54, 1.807) is 5.57 Å². The summed E-state index contributed by atoms with van der Waals surface area (Å²) in [6.45, 7) is 16.6. The van der Waals surface area contributed by atoms with Gasteiger partial charge in [0.25, 0.3) is 0 Å². The maximum atomic E-state index is 2.60. The fourth-order valence-electron chi connectivity index (χ4n) is 2.83. The molecule has 0 N–H and O–H groups in total. The first-order valence-corrected chi connectivity index (χ1v) is 7.42. The van der Waals surface area contributed by atoms with Crippen LogP contribution in [0.3, 0.4) is 0 Å². The Bertz CT molecular complexity index is 264. The summed E-state index contributed by atoms with van der Waals surface area (Å²) in [6.07, 6.45) is 6.76. The lowest BCUT2D eigenvalue weighted by Gasteiger charge is -2.34. The first kappa shape index (κ1) is 14.8. The second kappa shape index (κ2) is 5.59. The Morgan fingerprint density at radius 3 is 2.18 bits per heavy atom. The molecular formula is C17H32. The van der Waals surface area contributed by atoms with Crippen LogP contribution in [0.15, 0.2) is 11.6 Å². The Morgan fingerprint density at radius 1 is 1.12 bits per heavy atom. The maximum absolute atomic E-state index is 2.60. The van der Waals surface area contributed by atoms with E-state index in [1.807, 2.05) is 0 Å². The molecule has 0 bridgehead atoms. The topological polar surface area (TPSA) is 0 Å². The summed E-state index contributed by atoms with van der Waals surface area (Å²) in [5.74, 6) is 3.23. The van der Waals surface area contributed by atoms with Crippen LogP contribution < -0.4 is 0 Å². The third-order valence-corrected chi connectivity index (χ3v) is 4.67. The summed E-state index contributed by atoms with van der Waals surface area (Å²) in [5.41, 5.74) is 2.15. The molecule has 0 aromatic heterocycles. The van der Waals surface area contributed by atoms with Crippen LogP contribution >= 0.6 is 0 Å². The predicted molar refractivity (Wildman–Crippen MR) is 78.0 cm³/mol. The van der Waals surface area contributed by atoms with Gasteiger partial charge in [0, 0.05) is 0 Å². The summed E-state index contributed by atoms with van der Waals surface area (Å²) >= 11 is 0. The van der Waals surface area contributed by atoms with Gasteiger partial charge in [-0.2, -0.15) is 0 Å². The molecule has 0 amide bonds. The van der Waals surface area contributed by atoms with Crippen molar-refractivity contribution in [1.82, 2.24) is 0 Å². The average Bonchev–Trinajstić information content (AvgIpc) is 2.15. The SMILES string of the molecule is CC(C)[C@@H]1CC[C@@H](C)C/C1=C\[C@@H](C)C(C)(C)C. The first-order valence-electron chi connectivity index (χ1n) is 7.42. The number of hydrogen-bond donors (Lipinski definition) is 0. The van der Waals surface area contributed by atoms with Crippen molar-refractivity contribution in [2.45, 2.75) is 67.7 Å². The fourth-order valence-corrected chi connectivity index (χ4v) is 2.83. The van der Waals surface area contributed by atoms with Gasteiger partial charge < -0.3 is 0 Å². The van der Waals surface area contributed by atoms with Crippen LogP contribution in [0.1, 0.15) is 67.7 Å². The molecule has 1 aliphatic rings. The molecule has 17 heavy (non-hydrogen) atoms. The zero-order chi connectivity index (χ0) is 13.2. The van der Waals surface area contributed by atoms with E-state index in [4.69, 9.17) is 0 Å². The smallest absolute Gasteiger partial charge is 0.0180 e. The van der Waals surface area contributed by atoms with Crippen molar-refractivity contribution in [1.29, 1.82) is 0 Å². The molecule has 0 spiro atoms. The second-order valence-electron chi connectivity index (χ2n) is 7.63. The zero-order valence-electron chi connectivity index (χ0n) is 13.0. The Kier molecular flexibility index (Phi) is 4.86. The Balaban J connectivity index is 2.85. The predicted octanol–water partition coefficient (Wildman–Crippen LogP) is 5.69. The van der Waals surface area contributed by atoms with Crippen molar-refractivity contribution in [3.8, 4) is 0 Å². The van der Waals surface area contributed by atoms with Crippen LogP contribution in [-0.4, -0.2) is 0 Å². The van der Waals surface area contributed by atoms with Gasteiger partial charge >= 0.3 is 0 Å². The standard InChI is InChI=1S/C17H32/c1-12(2)16-9-8-13(3)10-15(16)11-14(4)17(5,6)7/h11-14,16H,8-10H2,1-7H3/b15-11+/t13-,14-,16+/m1/s1. The van der Waals surface area contributed by atoms with Crippen molar-refractivity contribution >= 4 is 0 Å². The molecule has 0 aromatic rings. The number of hydrogen-bond acceptors (Lipinski definition) is 0. The van der Waals surface area contributed by atoms with Crippen molar-refractivity contribution < 1.29 is 0 Å². The third kappa shape index (κ3) is 4.16. The summed E-state index contributed by atoms with van der Waals surface area (Å²) < 4.78 is 0. The Morgan fingerprint density at radius 2 is 1.71 bits per heavy atom. The summed E-state index contributed by atoms with van der Waals surface area (Å²) in [7, 11) is 0. The van der Waals surface area contributed by atoms with Crippen LogP contribution in [0.2, 0.25) is 0 Å². The highest BCUT2D eigenvalue weighted by atomic mass is 14.3. The van der Waals surface area contributed by atoms with Crippen LogP contribution in [0.4, 0.5) is 0 Å². The van der Waals surface area contributed by atoms with Gasteiger partial charge in [0.05, 0.1) is 0 Å². The van der Waals surface area contributed by atoms with Crippen molar-refractivity contribution in [3.05, 3.63) is 11.6 Å². The van der Waals surface area contributed by atoms with E-state index in [-0.39, 0.29) is 0 Å². The quantitative estimate of drug-likeness (QED) is 0.540. The Hall–Kier alpha value is -0.260. The molecule has 0 heteroatoms. The largest absolute Gasteiger partial charge is 0.0817 e. The average molecular weight is 236 g/mol. The number of allylic oxidation sites excluding steroid dienone is 2. The van der Waals surface area contributed by atoms with Gasteiger partial charge in [-0.05, 0) is 48.3 Å². The van der Waals surface area contributed by atoms with Crippen LogP contribution in [0.5, 0.6) is 0 Å². The summed E-state index contributed by atoms with van der Waals surface area (Å²) in [6, 6.07) is 0. The Labute approximate surface area is 109 Å². The minimum Gasteiger partial charge on any atom is -0.0817 e. The van der Waals surface area contributed by atoms with Crippen LogP contribution in [0, 0.1) is 29.1 Å². The van der Waals surface area contributed by atoms with E-state index in [9.17, 15) is 0 Å². The summed E-state index contributed by atoms with van der Waals surface area (Å²) in [4.78, 5) is 0. The highest BCUT2D eigenvalue weighted by molar-refractivity contribution is 5.13. The van der Waals surface area contributed by atoms with E-state index in [2.05, 4.69) is 54.5 Å². The molecule has 1 rings (SSSR count). The van der Waals surface area contributed by atoms with Gasteiger partial charge in [-0.25, -0.2) is 0 Å². The molecule has 0 unspecified atom stereocenters. The minimum atomic E-state index is 0.398. The lowest BCUT2D eigenvalue weighted by Crippen LogP contribution is -2.23. The zero-order valence-corrected chi connectivity index (χ0v) is 13.0. The van der Waals surface area contributed by atoms with E-state index in [1.165, 1.54) is 19.3 Å². The highest BCUT2D eigenvalue weighted by Gasteiger charge is 2.27. The normalized spacial score (nSPS) is 30.9. The lowest BCUT2D eigenvalue weighted by atomic mass is 9.71. The van der Waals surface area contributed by atoms with Crippen molar-refractivity contribution in [2.24, 2.45) is 29.1 Å². The van der Waals surface area contributed by atoms with Crippen LogP contribution in [0.25, 0.3) is 0 Å².